The van der Waals surface area contributed by atoms with Gasteiger partial charge in [-0.05, 0) is 60.5 Å². The van der Waals surface area contributed by atoms with Crippen molar-refractivity contribution in [1.29, 1.82) is 0 Å². The summed E-state index contributed by atoms with van der Waals surface area (Å²) in [5.41, 5.74) is 6.26. The van der Waals surface area contributed by atoms with E-state index in [0.29, 0.717) is 17.5 Å². The second-order valence-corrected chi connectivity index (χ2v) is 11.9. The van der Waals surface area contributed by atoms with Gasteiger partial charge in [0.25, 0.3) is 0 Å². The van der Waals surface area contributed by atoms with E-state index >= 15 is 0 Å². The van der Waals surface area contributed by atoms with Crippen molar-refractivity contribution in [3.8, 4) is 17.3 Å². The molecule has 7 heteroatoms. The predicted octanol–water partition coefficient (Wildman–Crippen LogP) is 8.75. The smallest absolute Gasteiger partial charge is 0.135 e. The summed E-state index contributed by atoms with van der Waals surface area (Å²) in [6, 6.07) is 32.1. The van der Waals surface area contributed by atoms with Crippen LogP contribution in [0.5, 0.6) is 11.5 Å². The van der Waals surface area contributed by atoms with Gasteiger partial charge in [-0.2, -0.15) is 18.8 Å². The molecule has 43 heavy (non-hydrogen) atoms. The number of nitrogens with zero attached hydrogens (tertiary/aromatic N) is 5. The molecule has 0 aliphatic carbocycles. The predicted molar refractivity (Wildman–Crippen MR) is 170 cm³/mol. The fourth-order valence-corrected chi connectivity index (χ4v) is 5.57. The van der Waals surface area contributed by atoms with Crippen LogP contribution in [-0.4, -0.2) is 20.6 Å². The molecular weight excluding hydrogens is 714 g/mol. The maximum absolute atomic E-state index is 6.40. The van der Waals surface area contributed by atoms with Crippen molar-refractivity contribution in [3.63, 3.8) is 0 Å². The molecule has 0 saturated heterocycles. The molecular formula is C36H32N5OPt-3. The van der Waals surface area contributed by atoms with Crippen molar-refractivity contribution in [1.82, 2.24) is 14.5 Å². The Kier molecular flexibility index (Phi) is 7.51. The summed E-state index contributed by atoms with van der Waals surface area (Å²) in [5.74, 6) is 2.10. The van der Waals surface area contributed by atoms with Crippen molar-refractivity contribution in [3.05, 3.63) is 116 Å². The number of pyridine rings is 2. The van der Waals surface area contributed by atoms with Gasteiger partial charge in [0.2, 0.25) is 0 Å². The summed E-state index contributed by atoms with van der Waals surface area (Å²) in [6.45, 7) is 13.1. The van der Waals surface area contributed by atoms with E-state index in [1.54, 1.807) is 0 Å². The number of anilines is 3. The van der Waals surface area contributed by atoms with Crippen LogP contribution in [0.3, 0.4) is 0 Å². The Morgan fingerprint density at radius 3 is 2.47 bits per heavy atom. The van der Waals surface area contributed by atoms with Crippen LogP contribution in [0.1, 0.15) is 40.2 Å². The van der Waals surface area contributed by atoms with Gasteiger partial charge in [0.1, 0.15) is 5.82 Å². The van der Waals surface area contributed by atoms with E-state index in [2.05, 4.69) is 115 Å². The minimum atomic E-state index is 0. The van der Waals surface area contributed by atoms with E-state index in [1.807, 2.05) is 48.9 Å². The second kappa shape index (κ2) is 11.2. The number of fused-ring (bicyclic) bond motifs is 4. The standard InChI is InChI=1S/C36H32N5O.Pt/c1-24(2)39-23-40(32-16-17-37-22-34(32)39)26-9-8-10-27(20-26)42-28-13-14-30-29-11-6-7-12-31(29)41(33(30)21-28)35-19-25(15-18-38-35)36(3,4)5;/h6-19,22-24H,1-5H3;/q-3;. The van der Waals surface area contributed by atoms with Crippen LogP contribution in [0.25, 0.3) is 27.6 Å². The summed E-state index contributed by atoms with van der Waals surface area (Å²) in [7, 11) is 0. The summed E-state index contributed by atoms with van der Waals surface area (Å²) in [6.07, 6.45) is 5.61. The number of hydrogen-bond acceptors (Lipinski definition) is 5. The van der Waals surface area contributed by atoms with Crippen LogP contribution in [-0.2, 0) is 26.5 Å². The number of hydrogen-bond donors (Lipinski definition) is 0. The van der Waals surface area contributed by atoms with Crippen LogP contribution >= 0.6 is 0 Å². The van der Waals surface area contributed by atoms with Gasteiger partial charge in [0.15, 0.2) is 0 Å². The molecule has 6 nitrogen and oxygen atoms in total. The average Bonchev–Trinajstić information content (AvgIpc) is 3.53. The number of rotatable bonds is 5. The van der Waals surface area contributed by atoms with E-state index in [0.717, 1.165) is 44.7 Å². The van der Waals surface area contributed by atoms with Crippen LogP contribution < -0.4 is 14.5 Å². The van der Waals surface area contributed by atoms with Gasteiger partial charge in [0, 0.05) is 68.0 Å². The molecule has 0 atom stereocenters. The van der Waals surface area contributed by atoms with E-state index in [1.165, 1.54) is 5.56 Å². The first-order chi connectivity index (χ1) is 20.3. The Hall–Kier alpha value is -4.15. The first kappa shape index (κ1) is 28.9. The van der Waals surface area contributed by atoms with E-state index < -0.39 is 0 Å². The third-order valence-corrected chi connectivity index (χ3v) is 7.74. The zero-order chi connectivity index (χ0) is 29.0. The number of ether oxygens (including phenoxy) is 1. The third kappa shape index (κ3) is 5.19. The molecule has 0 N–H and O–H groups in total. The Bertz CT molecular complexity index is 1940. The molecule has 0 saturated carbocycles. The summed E-state index contributed by atoms with van der Waals surface area (Å²) in [4.78, 5) is 13.5. The van der Waals surface area contributed by atoms with E-state index in [4.69, 9.17) is 9.72 Å². The Morgan fingerprint density at radius 1 is 0.837 bits per heavy atom. The summed E-state index contributed by atoms with van der Waals surface area (Å²) in [5, 5.41) is 2.25. The number of para-hydroxylation sites is 1. The van der Waals surface area contributed by atoms with Gasteiger partial charge >= 0.3 is 0 Å². The molecule has 0 unspecified atom stereocenters. The van der Waals surface area contributed by atoms with Crippen LogP contribution in [0.4, 0.5) is 17.1 Å². The summed E-state index contributed by atoms with van der Waals surface area (Å²) < 4.78 is 8.58. The normalized spacial score (nSPS) is 13.1. The van der Waals surface area contributed by atoms with Crippen LogP contribution in [0.15, 0.2) is 91.4 Å². The van der Waals surface area contributed by atoms with Crippen molar-refractivity contribution in [2.75, 3.05) is 9.80 Å². The fourth-order valence-electron chi connectivity index (χ4n) is 5.57. The molecule has 3 aromatic heterocycles. The zero-order valence-corrected chi connectivity index (χ0v) is 27.0. The minimum Gasteiger partial charge on any atom is -0.509 e. The van der Waals surface area contributed by atoms with Crippen molar-refractivity contribution in [2.45, 2.75) is 46.1 Å². The van der Waals surface area contributed by atoms with Gasteiger partial charge < -0.3 is 19.1 Å². The monoisotopic (exact) mass is 745 g/mol. The maximum Gasteiger partial charge on any atom is 0.135 e. The minimum absolute atomic E-state index is 0. The quantitative estimate of drug-likeness (QED) is 0.165. The topological polar surface area (TPSA) is 46.4 Å². The zero-order valence-electron chi connectivity index (χ0n) is 24.8. The van der Waals surface area contributed by atoms with Crippen molar-refractivity contribution >= 4 is 38.9 Å². The molecule has 1 aliphatic rings. The van der Waals surface area contributed by atoms with Crippen molar-refractivity contribution in [2.24, 2.45) is 0 Å². The molecule has 3 aromatic carbocycles. The van der Waals surface area contributed by atoms with E-state index in [-0.39, 0.29) is 26.5 Å². The van der Waals surface area contributed by atoms with Crippen LogP contribution in [0, 0.1) is 18.8 Å². The van der Waals surface area contributed by atoms with E-state index in [9.17, 15) is 0 Å². The molecule has 0 radical (unpaired) electrons. The molecule has 0 amide bonds. The first-order valence-corrected chi connectivity index (χ1v) is 14.3. The van der Waals surface area contributed by atoms with Crippen molar-refractivity contribution < 1.29 is 25.8 Å². The molecule has 1 aliphatic heterocycles. The largest absolute Gasteiger partial charge is 0.509 e. The molecule has 7 rings (SSSR count). The fraction of sp³-hybridized carbons (Fsp3) is 0.194. The van der Waals surface area contributed by atoms with Gasteiger partial charge in [-0.15, -0.1) is 41.4 Å². The van der Waals surface area contributed by atoms with Gasteiger partial charge in [0.05, 0.1) is 0 Å². The maximum atomic E-state index is 6.40. The summed E-state index contributed by atoms with van der Waals surface area (Å²) >= 11 is 0. The first-order valence-electron chi connectivity index (χ1n) is 14.3. The molecule has 0 spiro atoms. The average molecular weight is 746 g/mol. The second-order valence-electron chi connectivity index (χ2n) is 11.9. The molecule has 6 aromatic rings. The number of benzene rings is 3. The Labute approximate surface area is 267 Å². The van der Waals surface area contributed by atoms with Gasteiger partial charge in [-0.25, -0.2) is 4.98 Å². The molecule has 0 bridgehead atoms. The Balaban J connectivity index is 0.00000329. The van der Waals surface area contributed by atoms with Gasteiger partial charge in [-0.1, -0.05) is 44.5 Å². The van der Waals surface area contributed by atoms with Crippen LogP contribution in [0.2, 0.25) is 0 Å². The Morgan fingerprint density at radius 2 is 1.65 bits per heavy atom. The third-order valence-electron chi connectivity index (χ3n) is 7.74. The molecule has 220 valence electrons. The number of aromatic nitrogens is 3. The SMILES string of the molecule is CC(C)N1[CH-]N(c2[c-]c(Oc3[c-]c4c(cc3)c3ccccc3n4-c3cc(C(C)(C)C)ccn3)ccc2)c2ccncc21.[Pt]. The molecule has 4 heterocycles. The van der Waals surface area contributed by atoms with Gasteiger partial charge in [-0.3, -0.25) is 4.98 Å². The molecule has 0 fully saturated rings.